The lowest BCUT2D eigenvalue weighted by atomic mass is 10.2. The summed E-state index contributed by atoms with van der Waals surface area (Å²) in [6.07, 6.45) is 24.0. The highest BCUT2D eigenvalue weighted by Crippen LogP contribution is 2.02. The summed E-state index contributed by atoms with van der Waals surface area (Å²) in [6.45, 7) is 0. The van der Waals surface area contributed by atoms with E-state index in [9.17, 15) is 0 Å². The molecule has 0 fully saturated rings. The van der Waals surface area contributed by atoms with Crippen molar-refractivity contribution in [2.45, 2.75) is 25.7 Å². The minimum Gasteiger partial charge on any atom is -0.0879 e. The van der Waals surface area contributed by atoms with Crippen molar-refractivity contribution in [3.05, 3.63) is 55.0 Å². The summed E-state index contributed by atoms with van der Waals surface area (Å²) in [4.78, 5) is 0. The van der Waals surface area contributed by atoms with E-state index >= 15 is 0 Å². The molecule has 1 aliphatic carbocycles. The zero-order valence-electron chi connectivity index (χ0n) is 8.02. The fourth-order valence-electron chi connectivity index (χ4n) is 1.16. The maximum absolute atomic E-state index is 2.33. The predicted octanol–water partition coefficient (Wildman–Crippen LogP) is 3.99. The standard InChI is InChI=1S/C13H17/c1-2-4-6-8-10-12-13-11-9-7-5-3-1/h1-6,9,11-12H,7-8,10,13H2. The Morgan fingerprint density at radius 1 is 0.538 bits per heavy atom. The molecule has 1 radical (unpaired) electrons. The molecule has 1 rings (SSSR count). The molecule has 0 aromatic rings. The second-order valence-corrected chi connectivity index (χ2v) is 3.05. The summed E-state index contributed by atoms with van der Waals surface area (Å²) < 4.78 is 0. The molecule has 0 N–H and O–H groups in total. The third kappa shape index (κ3) is 6.15. The van der Waals surface area contributed by atoms with Gasteiger partial charge in [0.15, 0.2) is 0 Å². The lowest BCUT2D eigenvalue weighted by Gasteiger charge is -1.91. The van der Waals surface area contributed by atoms with Crippen LogP contribution in [0, 0.1) is 6.42 Å². The molecule has 0 unspecified atom stereocenters. The maximum atomic E-state index is 2.33. The summed E-state index contributed by atoms with van der Waals surface area (Å²) in [5, 5.41) is 0. The van der Waals surface area contributed by atoms with E-state index in [4.69, 9.17) is 0 Å². The Labute approximate surface area is 81.4 Å². The van der Waals surface area contributed by atoms with Gasteiger partial charge in [0.1, 0.15) is 0 Å². The first-order chi connectivity index (χ1) is 6.50. The van der Waals surface area contributed by atoms with Gasteiger partial charge in [0.2, 0.25) is 0 Å². The molecule has 0 aliphatic heterocycles. The van der Waals surface area contributed by atoms with E-state index in [1.807, 2.05) is 0 Å². The van der Waals surface area contributed by atoms with Crippen LogP contribution >= 0.6 is 0 Å². The second kappa shape index (κ2) is 7.60. The number of hydrogen-bond donors (Lipinski definition) is 0. The highest BCUT2D eigenvalue weighted by Gasteiger charge is 1.83. The van der Waals surface area contributed by atoms with Crippen LogP contribution in [-0.2, 0) is 0 Å². The van der Waals surface area contributed by atoms with Crippen molar-refractivity contribution in [2.24, 2.45) is 0 Å². The van der Waals surface area contributed by atoms with Gasteiger partial charge < -0.3 is 0 Å². The van der Waals surface area contributed by atoms with Crippen molar-refractivity contribution in [2.75, 3.05) is 0 Å². The van der Waals surface area contributed by atoms with E-state index in [2.05, 4.69) is 55.0 Å². The van der Waals surface area contributed by atoms with E-state index in [0.29, 0.717) is 0 Å². The van der Waals surface area contributed by atoms with Gasteiger partial charge in [-0.05, 0) is 32.1 Å². The fourth-order valence-corrected chi connectivity index (χ4v) is 1.16. The van der Waals surface area contributed by atoms with Crippen LogP contribution in [0.3, 0.4) is 0 Å². The molecule has 0 saturated carbocycles. The molecule has 69 valence electrons. The van der Waals surface area contributed by atoms with Crippen LogP contribution in [-0.4, -0.2) is 0 Å². The van der Waals surface area contributed by atoms with Crippen LogP contribution in [0.15, 0.2) is 48.6 Å². The quantitative estimate of drug-likeness (QED) is 0.486. The van der Waals surface area contributed by atoms with Crippen molar-refractivity contribution in [1.29, 1.82) is 0 Å². The molecule has 0 heterocycles. The van der Waals surface area contributed by atoms with Crippen molar-refractivity contribution < 1.29 is 0 Å². The first-order valence-electron chi connectivity index (χ1n) is 4.95. The molecule has 0 amide bonds. The molecule has 13 heavy (non-hydrogen) atoms. The molecule has 1 aliphatic rings. The monoisotopic (exact) mass is 173 g/mol. The third-order valence-corrected chi connectivity index (χ3v) is 1.88. The van der Waals surface area contributed by atoms with E-state index < -0.39 is 0 Å². The predicted molar refractivity (Wildman–Crippen MR) is 59.3 cm³/mol. The van der Waals surface area contributed by atoms with Gasteiger partial charge in [-0.3, -0.25) is 0 Å². The Hall–Kier alpha value is -1.04. The van der Waals surface area contributed by atoms with Gasteiger partial charge in [-0.15, -0.1) is 0 Å². The van der Waals surface area contributed by atoms with E-state index in [0.717, 1.165) is 19.3 Å². The van der Waals surface area contributed by atoms with Gasteiger partial charge in [-0.2, -0.15) is 0 Å². The second-order valence-electron chi connectivity index (χ2n) is 3.05. The molecule has 0 bridgehead atoms. The van der Waals surface area contributed by atoms with Crippen LogP contribution < -0.4 is 0 Å². The lowest BCUT2D eigenvalue weighted by molar-refractivity contribution is 0.932. The maximum Gasteiger partial charge on any atom is -0.0166 e. The van der Waals surface area contributed by atoms with Gasteiger partial charge >= 0.3 is 0 Å². The summed E-state index contributed by atoms with van der Waals surface area (Å²) >= 11 is 0. The number of rotatable bonds is 0. The first kappa shape index (κ1) is 10.0. The van der Waals surface area contributed by atoms with E-state index in [1.54, 1.807) is 0 Å². The normalized spacial score (nSPS) is 19.1. The first-order valence-corrected chi connectivity index (χ1v) is 4.95. The Bertz CT molecular complexity index is 216. The molecule has 0 atom stereocenters. The average molecular weight is 173 g/mol. The molecular weight excluding hydrogens is 156 g/mol. The Kier molecular flexibility index (Phi) is 5.87. The molecule has 0 aromatic heterocycles. The molecule has 0 saturated heterocycles. The van der Waals surface area contributed by atoms with Gasteiger partial charge in [0.05, 0.1) is 0 Å². The number of allylic oxidation sites excluding steroid dienone is 8. The Morgan fingerprint density at radius 3 is 2.23 bits per heavy atom. The molecule has 0 nitrogen and oxygen atoms in total. The summed E-state index contributed by atoms with van der Waals surface area (Å²) in [7, 11) is 0. The van der Waals surface area contributed by atoms with Crippen LogP contribution in [0.2, 0.25) is 0 Å². The van der Waals surface area contributed by atoms with Crippen LogP contribution in [0.1, 0.15) is 25.7 Å². The highest BCUT2D eigenvalue weighted by atomic mass is 13.9. The summed E-state index contributed by atoms with van der Waals surface area (Å²) in [6, 6.07) is 0. The zero-order valence-corrected chi connectivity index (χ0v) is 8.02. The van der Waals surface area contributed by atoms with Crippen LogP contribution in [0.5, 0.6) is 0 Å². The summed E-state index contributed by atoms with van der Waals surface area (Å²) in [5.74, 6) is 0. The molecule has 0 aromatic carbocycles. The van der Waals surface area contributed by atoms with Crippen molar-refractivity contribution in [3.63, 3.8) is 0 Å². The number of hydrogen-bond acceptors (Lipinski definition) is 0. The zero-order chi connectivity index (χ0) is 9.19. The SMILES string of the molecule is [CH]1CC=CCC=CC=CC=CCC1. The Morgan fingerprint density at radius 2 is 1.31 bits per heavy atom. The largest absolute Gasteiger partial charge is 0.0879 e. The van der Waals surface area contributed by atoms with Crippen LogP contribution in [0.25, 0.3) is 0 Å². The molecule has 0 heteroatoms. The average Bonchev–Trinajstić information content (AvgIpc) is 2.18. The van der Waals surface area contributed by atoms with Gasteiger partial charge in [-0.1, -0.05) is 48.6 Å². The van der Waals surface area contributed by atoms with Gasteiger partial charge in [0.25, 0.3) is 0 Å². The van der Waals surface area contributed by atoms with Gasteiger partial charge in [-0.25, -0.2) is 0 Å². The smallest absolute Gasteiger partial charge is 0.0166 e. The minimum atomic E-state index is 1.04. The van der Waals surface area contributed by atoms with Crippen molar-refractivity contribution in [3.8, 4) is 0 Å². The molecular formula is C13H17. The molecule has 0 spiro atoms. The van der Waals surface area contributed by atoms with E-state index in [-0.39, 0.29) is 0 Å². The minimum absolute atomic E-state index is 1.04. The van der Waals surface area contributed by atoms with Crippen molar-refractivity contribution >= 4 is 0 Å². The topological polar surface area (TPSA) is 0 Å². The van der Waals surface area contributed by atoms with Gasteiger partial charge in [0, 0.05) is 0 Å². The lowest BCUT2D eigenvalue weighted by Crippen LogP contribution is -1.73. The fraction of sp³-hybridized carbons (Fsp3) is 0.308. The highest BCUT2D eigenvalue weighted by molar-refractivity contribution is 5.12. The Balaban J connectivity index is 2.38. The van der Waals surface area contributed by atoms with Crippen molar-refractivity contribution in [1.82, 2.24) is 0 Å². The van der Waals surface area contributed by atoms with E-state index in [1.165, 1.54) is 6.42 Å². The summed E-state index contributed by atoms with van der Waals surface area (Å²) in [5.41, 5.74) is 0. The van der Waals surface area contributed by atoms with Crippen LogP contribution in [0.4, 0.5) is 0 Å². The third-order valence-electron chi connectivity index (χ3n) is 1.88.